The normalized spacial score (nSPS) is 22.4. The van der Waals surface area contributed by atoms with Crippen molar-refractivity contribution < 1.29 is 9.53 Å². The molecule has 0 spiro atoms. The van der Waals surface area contributed by atoms with Crippen LogP contribution in [0.25, 0.3) is 0 Å². The van der Waals surface area contributed by atoms with E-state index in [1.165, 1.54) is 13.5 Å². The lowest BCUT2D eigenvalue weighted by Crippen LogP contribution is -2.45. The molecule has 1 rings (SSSR count). The van der Waals surface area contributed by atoms with Crippen LogP contribution in [0.5, 0.6) is 0 Å². The molecule has 0 amide bonds. The number of rotatable bonds is 7. The molecule has 1 aliphatic rings. The first kappa shape index (κ1) is 15.4. The van der Waals surface area contributed by atoms with Crippen LogP contribution in [0.3, 0.4) is 0 Å². The Kier molecular flexibility index (Phi) is 6.60. The molecule has 1 aliphatic heterocycles. The average Bonchev–Trinajstić information content (AvgIpc) is 2.85. The Morgan fingerprint density at radius 1 is 1.50 bits per heavy atom. The molecular weight excluding hydrogens is 230 g/mol. The molecule has 2 atom stereocenters. The zero-order valence-electron chi connectivity index (χ0n) is 12.1. The van der Waals surface area contributed by atoms with Gasteiger partial charge in [-0.2, -0.15) is 0 Å². The lowest BCUT2D eigenvalue weighted by Gasteiger charge is -2.27. The smallest absolute Gasteiger partial charge is 0.324 e. The summed E-state index contributed by atoms with van der Waals surface area (Å²) in [6.45, 7) is 9.46. The number of hydrogen-bond donors (Lipinski definition) is 1. The van der Waals surface area contributed by atoms with E-state index >= 15 is 0 Å². The van der Waals surface area contributed by atoms with Crippen molar-refractivity contribution >= 4 is 5.97 Å². The molecule has 1 N–H and O–H groups in total. The van der Waals surface area contributed by atoms with Crippen molar-refractivity contribution in [2.45, 2.75) is 32.4 Å². The van der Waals surface area contributed by atoms with E-state index in [-0.39, 0.29) is 12.0 Å². The Hall–Kier alpha value is -0.650. The van der Waals surface area contributed by atoms with E-state index in [1.54, 1.807) is 7.05 Å². The molecule has 1 saturated heterocycles. The van der Waals surface area contributed by atoms with Gasteiger partial charge in [0.2, 0.25) is 0 Å². The Morgan fingerprint density at radius 3 is 2.67 bits per heavy atom. The summed E-state index contributed by atoms with van der Waals surface area (Å²) in [6, 6.07) is 0.417. The zero-order valence-corrected chi connectivity index (χ0v) is 12.1. The first-order chi connectivity index (χ1) is 8.65. The van der Waals surface area contributed by atoms with Crippen molar-refractivity contribution in [3.05, 3.63) is 0 Å². The Morgan fingerprint density at radius 2 is 2.17 bits per heavy atom. The summed E-state index contributed by atoms with van der Waals surface area (Å²) in [5, 5.41) is 3.02. The fraction of sp³-hybridized carbons (Fsp3) is 0.923. The molecule has 106 valence electrons. The average molecular weight is 257 g/mol. The van der Waals surface area contributed by atoms with Gasteiger partial charge in [0.15, 0.2) is 0 Å². The number of hydrogen-bond acceptors (Lipinski definition) is 5. The number of nitrogens with one attached hydrogen (secondary N) is 1. The third-order valence-electron chi connectivity index (χ3n) is 3.85. The summed E-state index contributed by atoms with van der Waals surface area (Å²) in [7, 11) is 3.24. The van der Waals surface area contributed by atoms with Gasteiger partial charge in [0, 0.05) is 19.1 Å². The number of carbonyl (C=O) groups excluding carboxylic acids is 1. The van der Waals surface area contributed by atoms with Gasteiger partial charge in [-0.1, -0.05) is 13.8 Å². The lowest BCUT2D eigenvalue weighted by molar-refractivity contribution is -0.143. The van der Waals surface area contributed by atoms with Crippen molar-refractivity contribution in [1.29, 1.82) is 0 Å². The molecule has 18 heavy (non-hydrogen) atoms. The Balaban J connectivity index is 2.44. The maximum Gasteiger partial charge on any atom is 0.324 e. The van der Waals surface area contributed by atoms with Crippen LogP contribution in [0.15, 0.2) is 0 Å². The van der Waals surface area contributed by atoms with Crippen LogP contribution >= 0.6 is 0 Å². The van der Waals surface area contributed by atoms with Crippen LogP contribution in [0.1, 0.15) is 20.3 Å². The van der Waals surface area contributed by atoms with Gasteiger partial charge in [-0.05, 0) is 33.1 Å². The van der Waals surface area contributed by atoms with Crippen LogP contribution in [0.4, 0.5) is 0 Å². The molecule has 0 aromatic heterocycles. The van der Waals surface area contributed by atoms with Crippen molar-refractivity contribution in [3.8, 4) is 0 Å². The molecule has 5 heteroatoms. The predicted octanol–water partition coefficient (Wildman–Crippen LogP) is 0.164. The van der Waals surface area contributed by atoms with Gasteiger partial charge >= 0.3 is 5.97 Å². The zero-order chi connectivity index (χ0) is 13.5. The minimum atomic E-state index is -0.217. The van der Waals surface area contributed by atoms with E-state index in [0.717, 1.165) is 32.7 Å². The maximum atomic E-state index is 11.5. The van der Waals surface area contributed by atoms with Gasteiger partial charge in [0.25, 0.3) is 0 Å². The van der Waals surface area contributed by atoms with Crippen LogP contribution in [0.2, 0.25) is 0 Å². The Bertz CT molecular complexity index is 257. The number of esters is 1. The summed E-state index contributed by atoms with van der Waals surface area (Å²) in [6.07, 6.45) is 1.19. The highest BCUT2D eigenvalue weighted by Gasteiger charge is 2.29. The molecular formula is C13H27N3O2. The van der Waals surface area contributed by atoms with E-state index in [1.807, 2.05) is 0 Å². The number of likely N-dealkylation sites (N-methyl/N-ethyl adjacent to an activating group) is 2. The monoisotopic (exact) mass is 257 g/mol. The van der Waals surface area contributed by atoms with Crippen LogP contribution in [-0.2, 0) is 9.53 Å². The van der Waals surface area contributed by atoms with E-state index < -0.39 is 0 Å². The van der Waals surface area contributed by atoms with Gasteiger partial charge in [0.1, 0.15) is 6.04 Å². The fourth-order valence-electron chi connectivity index (χ4n) is 2.70. The van der Waals surface area contributed by atoms with Gasteiger partial charge in [-0.3, -0.25) is 14.6 Å². The molecule has 5 nitrogen and oxygen atoms in total. The standard InChI is InChI=1S/C13H27N3O2/c1-5-16(6-2)11-7-8-15(9-11)10-12(14-3)13(17)18-4/h11-12,14H,5-10H2,1-4H3. The molecule has 0 radical (unpaired) electrons. The highest BCUT2D eigenvalue weighted by molar-refractivity contribution is 5.75. The largest absolute Gasteiger partial charge is 0.468 e. The molecule has 0 saturated carbocycles. The van der Waals surface area contributed by atoms with Crippen molar-refractivity contribution in [2.24, 2.45) is 0 Å². The van der Waals surface area contributed by atoms with Gasteiger partial charge in [-0.15, -0.1) is 0 Å². The van der Waals surface area contributed by atoms with E-state index in [0.29, 0.717) is 6.04 Å². The third-order valence-corrected chi connectivity index (χ3v) is 3.85. The molecule has 0 aromatic carbocycles. The van der Waals surface area contributed by atoms with Crippen LogP contribution in [-0.4, -0.2) is 74.7 Å². The first-order valence-corrected chi connectivity index (χ1v) is 6.87. The second-order valence-corrected chi connectivity index (χ2v) is 4.79. The Labute approximate surface area is 110 Å². The molecule has 1 fully saturated rings. The number of carbonyl (C=O) groups is 1. The highest BCUT2D eigenvalue weighted by Crippen LogP contribution is 2.15. The van der Waals surface area contributed by atoms with Crippen molar-refractivity contribution in [1.82, 2.24) is 15.1 Å². The molecule has 2 unspecified atom stereocenters. The molecule has 0 aromatic rings. The summed E-state index contributed by atoms with van der Waals surface area (Å²) in [5.74, 6) is -0.177. The summed E-state index contributed by atoms with van der Waals surface area (Å²) in [4.78, 5) is 16.4. The molecule has 0 bridgehead atoms. The first-order valence-electron chi connectivity index (χ1n) is 6.87. The topological polar surface area (TPSA) is 44.8 Å². The maximum absolute atomic E-state index is 11.5. The number of likely N-dealkylation sites (tertiary alicyclic amines) is 1. The fourth-order valence-corrected chi connectivity index (χ4v) is 2.70. The SMILES string of the molecule is CCN(CC)C1CCN(CC(NC)C(=O)OC)C1. The number of methoxy groups -OCH3 is 1. The van der Waals surface area contributed by atoms with Crippen molar-refractivity contribution in [2.75, 3.05) is 46.9 Å². The van der Waals surface area contributed by atoms with Crippen LogP contribution in [0, 0.1) is 0 Å². The predicted molar refractivity (Wildman–Crippen MR) is 72.6 cm³/mol. The number of ether oxygens (including phenoxy) is 1. The van der Waals surface area contributed by atoms with Gasteiger partial charge in [0.05, 0.1) is 7.11 Å². The quantitative estimate of drug-likeness (QED) is 0.658. The van der Waals surface area contributed by atoms with Crippen molar-refractivity contribution in [3.63, 3.8) is 0 Å². The molecule has 0 aliphatic carbocycles. The summed E-state index contributed by atoms with van der Waals surface area (Å²) >= 11 is 0. The van der Waals surface area contributed by atoms with E-state index in [4.69, 9.17) is 4.74 Å². The summed E-state index contributed by atoms with van der Waals surface area (Å²) < 4.78 is 4.79. The second-order valence-electron chi connectivity index (χ2n) is 4.79. The van der Waals surface area contributed by atoms with E-state index in [9.17, 15) is 4.79 Å². The minimum absolute atomic E-state index is 0.177. The van der Waals surface area contributed by atoms with E-state index in [2.05, 4.69) is 29.0 Å². The van der Waals surface area contributed by atoms with Gasteiger partial charge in [-0.25, -0.2) is 0 Å². The lowest BCUT2D eigenvalue weighted by atomic mass is 10.2. The second kappa shape index (κ2) is 7.71. The summed E-state index contributed by atoms with van der Waals surface area (Å²) in [5.41, 5.74) is 0. The van der Waals surface area contributed by atoms with Gasteiger partial charge < -0.3 is 10.1 Å². The third kappa shape index (κ3) is 3.93. The minimum Gasteiger partial charge on any atom is -0.468 e. The molecule has 1 heterocycles. The van der Waals surface area contributed by atoms with Crippen LogP contribution < -0.4 is 5.32 Å². The highest BCUT2D eigenvalue weighted by atomic mass is 16.5. The number of nitrogens with zero attached hydrogens (tertiary/aromatic N) is 2.